The molecule has 1 unspecified atom stereocenters. The first-order chi connectivity index (χ1) is 8.49. The smallest absolute Gasteiger partial charge is 0.303 e. The average Bonchev–Trinajstić information content (AvgIpc) is 2.26. The summed E-state index contributed by atoms with van der Waals surface area (Å²) in [7, 11) is 2.05. The van der Waals surface area contributed by atoms with Crippen molar-refractivity contribution >= 4 is 39.3 Å². The molecule has 5 heteroatoms. The van der Waals surface area contributed by atoms with Crippen molar-refractivity contribution in [1.82, 2.24) is 0 Å². The molecule has 0 aliphatic carbocycles. The molecule has 1 aromatic rings. The highest BCUT2D eigenvalue weighted by Crippen LogP contribution is 2.43. The molecule has 0 aromatic heterocycles. The van der Waals surface area contributed by atoms with E-state index in [0.717, 1.165) is 10.2 Å². The highest BCUT2D eigenvalue weighted by atomic mass is 79.9. The summed E-state index contributed by atoms with van der Waals surface area (Å²) in [5.74, 6) is 0.231. The fourth-order valence-corrected chi connectivity index (χ4v) is 4.61. The van der Waals surface area contributed by atoms with E-state index < -0.39 is 5.97 Å². The SMILES string of the molecule is Cc1cc(Br)c2c(c1)SCC(CCC(=O)O)N2C. The van der Waals surface area contributed by atoms with Crippen molar-refractivity contribution < 1.29 is 9.90 Å². The van der Waals surface area contributed by atoms with Gasteiger partial charge in [0.05, 0.1) is 5.69 Å². The molecule has 18 heavy (non-hydrogen) atoms. The number of rotatable bonds is 3. The van der Waals surface area contributed by atoms with Crippen molar-refractivity contribution in [2.24, 2.45) is 0 Å². The van der Waals surface area contributed by atoms with Gasteiger partial charge in [-0.1, -0.05) is 0 Å². The third-order valence-electron chi connectivity index (χ3n) is 3.20. The lowest BCUT2D eigenvalue weighted by Gasteiger charge is -2.36. The number of halogens is 1. The highest BCUT2D eigenvalue weighted by molar-refractivity contribution is 9.10. The van der Waals surface area contributed by atoms with Gasteiger partial charge in [-0.15, -0.1) is 11.8 Å². The number of fused-ring (bicyclic) bond motifs is 1. The number of anilines is 1. The van der Waals surface area contributed by atoms with Gasteiger partial charge in [-0.25, -0.2) is 0 Å². The standard InChI is InChI=1S/C13H16BrNO2S/c1-8-5-10(14)13-11(6-8)18-7-9(15(13)2)3-4-12(16)17/h5-6,9H,3-4,7H2,1-2H3,(H,16,17). The molecule has 1 aliphatic heterocycles. The van der Waals surface area contributed by atoms with Crippen LogP contribution in [0.5, 0.6) is 0 Å². The van der Waals surface area contributed by atoms with E-state index in [1.165, 1.54) is 16.1 Å². The van der Waals surface area contributed by atoms with Crippen molar-refractivity contribution in [3.63, 3.8) is 0 Å². The first kappa shape index (κ1) is 13.7. The van der Waals surface area contributed by atoms with Gasteiger partial charge in [-0.2, -0.15) is 0 Å². The molecule has 1 heterocycles. The lowest BCUT2D eigenvalue weighted by Crippen LogP contribution is -2.37. The summed E-state index contributed by atoms with van der Waals surface area (Å²) in [5.41, 5.74) is 2.43. The fourth-order valence-electron chi connectivity index (χ4n) is 2.20. The molecule has 1 aliphatic rings. The maximum absolute atomic E-state index is 10.7. The predicted molar refractivity (Wildman–Crippen MR) is 78.7 cm³/mol. The van der Waals surface area contributed by atoms with Crippen LogP contribution in [0, 0.1) is 6.92 Å². The molecule has 0 radical (unpaired) electrons. The number of nitrogens with zero attached hydrogens (tertiary/aromatic N) is 1. The van der Waals surface area contributed by atoms with E-state index in [1.807, 2.05) is 18.8 Å². The number of aryl methyl sites for hydroxylation is 1. The minimum atomic E-state index is -0.720. The molecule has 2 rings (SSSR count). The molecule has 0 spiro atoms. The van der Waals surface area contributed by atoms with Gasteiger partial charge in [-0.3, -0.25) is 4.79 Å². The lowest BCUT2D eigenvalue weighted by atomic mass is 10.1. The molecule has 1 N–H and O–H groups in total. The van der Waals surface area contributed by atoms with E-state index in [4.69, 9.17) is 5.11 Å². The Hall–Kier alpha value is -0.680. The number of hydrogen-bond donors (Lipinski definition) is 1. The Labute approximate surface area is 120 Å². The number of carboxylic acid groups (broad SMARTS) is 1. The summed E-state index contributed by atoms with van der Waals surface area (Å²) in [6.07, 6.45) is 0.924. The molecule has 1 aromatic carbocycles. The molecular weight excluding hydrogens is 314 g/mol. The van der Waals surface area contributed by atoms with Crippen LogP contribution < -0.4 is 4.90 Å². The number of carbonyl (C=O) groups is 1. The Morgan fingerprint density at radius 2 is 2.33 bits per heavy atom. The quantitative estimate of drug-likeness (QED) is 0.920. The lowest BCUT2D eigenvalue weighted by molar-refractivity contribution is -0.137. The summed E-state index contributed by atoms with van der Waals surface area (Å²) in [5, 5.41) is 8.78. The van der Waals surface area contributed by atoms with E-state index in [-0.39, 0.29) is 12.5 Å². The van der Waals surface area contributed by atoms with E-state index in [0.29, 0.717) is 6.42 Å². The van der Waals surface area contributed by atoms with E-state index in [2.05, 4.69) is 39.9 Å². The summed E-state index contributed by atoms with van der Waals surface area (Å²) < 4.78 is 1.09. The van der Waals surface area contributed by atoms with Crippen molar-refractivity contribution in [2.75, 3.05) is 17.7 Å². The highest BCUT2D eigenvalue weighted by Gasteiger charge is 2.26. The second kappa shape index (κ2) is 5.53. The summed E-state index contributed by atoms with van der Waals surface area (Å²) in [4.78, 5) is 14.2. The van der Waals surface area contributed by atoms with E-state index >= 15 is 0 Å². The molecular formula is C13H16BrNO2S. The number of thioether (sulfide) groups is 1. The molecule has 3 nitrogen and oxygen atoms in total. The Bertz CT molecular complexity index is 478. The van der Waals surface area contributed by atoms with Crippen LogP contribution >= 0.6 is 27.7 Å². The van der Waals surface area contributed by atoms with Gasteiger partial charge >= 0.3 is 5.97 Å². The van der Waals surface area contributed by atoms with Crippen molar-refractivity contribution in [3.05, 3.63) is 22.2 Å². The topological polar surface area (TPSA) is 40.5 Å². The zero-order valence-electron chi connectivity index (χ0n) is 10.4. The molecule has 98 valence electrons. The third kappa shape index (κ3) is 2.83. The zero-order chi connectivity index (χ0) is 13.3. The van der Waals surface area contributed by atoms with Crippen molar-refractivity contribution in [3.8, 4) is 0 Å². The van der Waals surface area contributed by atoms with Crippen LogP contribution in [0.1, 0.15) is 18.4 Å². The first-order valence-corrected chi connectivity index (χ1v) is 7.64. The van der Waals surface area contributed by atoms with Gasteiger partial charge in [0.2, 0.25) is 0 Å². The van der Waals surface area contributed by atoms with Crippen LogP contribution in [0.25, 0.3) is 0 Å². The molecule has 0 amide bonds. The van der Waals surface area contributed by atoms with E-state index in [1.54, 1.807) is 0 Å². The molecule has 0 bridgehead atoms. The maximum atomic E-state index is 10.7. The molecule has 1 atom stereocenters. The largest absolute Gasteiger partial charge is 0.481 e. The van der Waals surface area contributed by atoms with Crippen LogP contribution in [0.4, 0.5) is 5.69 Å². The molecule has 0 fully saturated rings. The normalized spacial score (nSPS) is 18.6. The van der Waals surface area contributed by atoms with Gasteiger partial charge in [0.15, 0.2) is 0 Å². The molecule has 0 saturated heterocycles. The summed E-state index contributed by atoms with van der Waals surface area (Å²) >= 11 is 5.43. The maximum Gasteiger partial charge on any atom is 0.303 e. The Morgan fingerprint density at radius 1 is 1.61 bits per heavy atom. The van der Waals surface area contributed by atoms with Gasteiger partial charge in [0, 0.05) is 34.6 Å². The first-order valence-electron chi connectivity index (χ1n) is 5.86. The van der Waals surface area contributed by atoms with Crippen molar-refractivity contribution in [2.45, 2.75) is 30.7 Å². The summed E-state index contributed by atoms with van der Waals surface area (Å²) in [6.45, 7) is 2.09. The number of benzene rings is 1. The minimum Gasteiger partial charge on any atom is -0.481 e. The van der Waals surface area contributed by atoms with Crippen LogP contribution in [0.3, 0.4) is 0 Å². The van der Waals surface area contributed by atoms with Crippen LogP contribution in [0.2, 0.25) is 0 Å². The summed E-state index contributed by atoms with van der Waals surface area (Å²) in [6, 6.07) is 4.59. The van der Waals surface area contributed by atoms with Gasteiger partial charge < -0.3 is 10.0 Å². The second-order valence-corrected chi connectivity index (χ2v) is 6.52. The monoisotopic (exact) mass is 329 g/mol. The van der Waals surface area contributed by atoms with Crippen LogP contribution in [0.15, 0.2) is 21.5 Å². The average molecular weight is 330 g/mol. The zero-order valence-corrected chi connectivity index (χ0v) is 12.8. The Balaban J connectivity index is 2.22. The number of carboxylic acids is 1. The predicted octanol–water partition coefficient (Wildman–Crippen LogP) is 3.53. The minimum absolute atomic E-state index is 0.231. The van der Waals surface area contributed by atoms with Crippen molar-refractivity contribution in [1.29, 1.82) is 0 Å². The Morgan fingerprint density at radius 3 is 3.00 bits per heavy atom. The second-order valence-electron chi connectivity index (χ2n) is 4.60. The van der Waals surface area contributed by atoms with Gasteiger partial charge in [0.1, 0.15) is 0 Å². The van der Waals surface area contributed by atoms with E-state index in [9.17, 15) is 4.79 Å². The third-order valence-corrected chi connectivity index (χ3v) is 4.97. The van der Waals surface area contributed by atoms with Gasteiger partial charge in [-0.05, 0) is 47.0 Å². The molecule has 0 saturated carbocycles. The van der Waals surface area contributed by atoms with Gasteiger partial charge in [0.25, 0.3) is 0 Å². The van der Waals surface area contributed by atoms with Crippen LogP contribution in [-0.2, 0) is 4.79 Å². The number of aliphatic carboxylic acids is 1. The number of hydrogen-bond acceptors (Lipinski definition) is 3. The fraction of sp³-hybridized carbons (Fsp3) is 0.462. The van der Waals surface area contributed by atoms with Crippen LogP contribution in [-0.4, -0.2) is 29.9 Å². The Kier molecular flexibility index (Phi) is 4.22.